The molecule has 0 spiro atoms. The SMILES string of the molecule is Cc1ccc(N)cc1S(=O)(=O)NCCC1CCOC1. The molecule has 0 amide bonds. The van der Waals surface area contributed by atoms with Gasteiger partial charge in [0.2, 0.25) is 10.0 Å². The summed E-state index contributed by atoms with van der Waals surface area (Å²) in [6, 6.07) is 4.91. The lowest BCUT2D eigenvalue weighted by Gasteiger charge is -2.11. The van der Waals surface area contributed by atoms with E-state index >= 15 is 0 Å². The van der Waals surface area contributed by atoms with Gasteiger partial charge in [-0.2, -0.15) is 0 Å². The fraction of sp³-hybridized carbons (Fsp3) is 0.538. The lowest BCUT2D eigenvalue weighted by molar-refractivity contribution is 0.184. The monoisotopic (exact) mass is 284 g/mol. The van der Waals surface area contributed by atoms with Crippen LogP contribution in [0.2, 0.25) is 0 Å². The molecule has 6 heteroatoms. The number of rotatable bonds is 5. The Labute approximate surface area is 114 Å². The number of sulfonamides is 1. The van der Waals surface area contributed by atoms with Gasteiger partial charge in [-0.15, -0.1) is 0 Å². The topological polar surface area (TPSA) is 81.4 Å². The van der Waals surface area contributed by atoms with Crippen LogP contribution in [0.3, 0.4) is 0 Å². The van der Waals surface area contributed by atoms with Crippen molar-refractivity contribution in [2.75, 3.05) is 25.5 Å². The number of ether oxygens (including phenoxy) is 1. The van der Waals surface area contributed by atoms with Crippen LogP contribution >= 0.6 is 0 Å². The third kappa shape index (κ3) is 3.68. The largest absolute Gasteiger partial charge is 0.399 e. The molecule has 0 aromatic heterocycles. The lowest BCUT2D eigenvalue weighted by Crippen LogP contribution is -2.27. The summed E-state index contributed by atoms with van der Waals surface area (Å²) in [6.45, 7) is 3.72. The van der Waals surface area contributed by atoms with Crippen molar-refractivity contribution in [3.8, 4) is 0 Å². The molecule has 19 heavy (non-hydrogen) atoms. The summed E-state index contributed by atoms with van der Waals surface area (Å²) in [4.78, 5) is 0.259. The number of hydrogen-bond acceptors (Lipinski definition) is 4. The van der Waals surface area contributed by atoms with Gasteiger partial charge in [-0.05, 0) is 43.4 Å². The third-order valence-electron chi connectivity index (χ3n) is 3.37. The van der Waals surface area contributed by atoms with Crippen LogP contribution in [0.1, 0.15) is 18.4 Å². The first-order chi connectivity index (χ1) is 8.99. The zero-order valence-corrected chi connectivity index (χ0v) is 11.9. The molecule has 1 aromatic carbocycles. The fourth-order valence-electron chi connectivity index (χ4n) is 2.19. The molecule has 1 aliphatic rings. The smallest absolute Gasteiger partial charge is 0.240 e. The van der Waals surface area contributed by atoms with Crippen LogP contribution in [0.15, 0.2) is 23.1 Å². The first-order valence-electron chi connectivity index (χ1n) is 6.42. The van der Waals surface area contributed by atoms with Crippen molar-refractivity contribution < 1.29 is 13.2 Å². The summed E-state index contributed by atoms with van der Waals surface area (Å²) in [5.41, 5.74) is 6.80. The maximum absolute atomic E-state index is 12.2. The number of nitrogens with two attached hydrogens (primary N) is 1. The molecular formula is C13H20N2O3S. The third-order valence-corrected chi connectivity index (χ3v) is 4.97. The molecule has 0 aliphatic carbocycles. The van der Waals surface area contributed by atoms with Crippen LogP contribution in [0.5, 0.6) is 0 Å². The molecular weight excluding hydrogens is 264 g/mol. The lowest BCUT2D eigenvalue weighted by atomic mass is 10.1. The van der Waals surface area contributed by atoms with E-state index in [1.54, 1.807) is 19.1 Å². The maximum Gasteiger partial charge on any atom is 0.240 e. The molecule has 106 valence electrons. The second kappa shape index (κ2) is 5.90. The first kappa shape index (κ1) is 14.3. The Hall–Kier alpha value is -1.11. The van der Waals surface area contributed by atoms with E-state index in [-0.39, 0.29) is 4.90 Å². The molecule has 0 radical (unpaired) electrons. The molecule has 2 rings (SSSR count). The van der Waals surface area contributed by atoms with Gasteiger partial charge in [-0.3, -0.25) is 0 Å². The van der Waals surface area contributed by atoms with Crippen LogP contribution in [0.4, 0.5) is 5.69 Å². The number of hydrogen-bond donors (Lipinski definition) is 2. The Morgan fingerprint density at radius 2 is 2.26 bits per heavy atom. The molecule has 1 heterocycles. The van der Waals surface area contributed by atoms with Crippen LogP contribution in [-0.4, -0.2) is 28.2 Å². The van der Waals surface area contributed by atoms with E-state index in [0.717, 1.165) is 26.1 Å². The van der Waals surface area contributed by atoms with Crippen LogP contribution in [0.25, 0.3) is 0 Å². The molecule has 5 nitrogen and oxygen atoms in total. The van der Waals surface area contributed by atoms with Gasteiger partial charge in [-0.1, -0.05) is 6.07 Å². The maximum atomic E-state index is 12.2. The van der Waals surface area contributed by atoms with E-state index in [4.69, 9.17) is 10.5 Å². The number of nitrogen functional groups attached to an aromatic ring is 1. The van der Waals surface area contributed by atoms with E-state index in [9.17, 15) is 8.42 Å². The summed E-state index contributed by atoms with van der Waals surface area (Å²) in [5.74, 6) is 0.463. The highest BCUT2D eigenvalue weighted by molar-refractivity contribution is 7.89. The number of nitrogens with one attached hydrogen (secondary N) is 1. The second-order valence-electron chi connectivity index (χ2n) is 4.94. The molecule has 3 N–H and O–H groups in total. The fourth-order valence-corrected chi connectivity index (χ4v) is 3.52. The molecule has 1 atom stereocenters. The summed E-state index contributed by atoms with van der Waals surface area (Å²) in [6.07, 6.45) is 1.82. The Balaban J connectivity index is 1.99. The van der Waals surface area contributed by atoms with Gasteiger partial charge in [0, 0.05) is 25.4 Å². The van der Waals surface area contributed by atoms with Crippen molar-refractivity contribution in [2.24, 2.45) is 5.92 Å². The van der Waals surface area contributed by atoms with E-state index in [1.165, 1.54) is 6.07 Å². The Kier molecular flexibility index (Phi) is 4.44. The summed E-state index contributed by atoms with van der Waals surface area (Å²) in [5, 5.41) is 0. The van der Waals surface area contributed by atoms with Crippen molar-refractivity contribution in [1.82, 2.24) is 4.72 Å². The number of anilines is 1. The van der Waals surface area contributed by atoms with Gasteiger partial charge in [0.1, 0.15) is 0 Å². The summed E-state index contributed by atoms with van der Waals surface area (Å²) in [7, 11) is -3.48. The highest BCUT2D eigenvalue weighted by atomic mass is 32.2. The molecule has 1 aromatic rings. The predicted molar refractivity (Wildman–Crippen MR) is 74.3 cm³/mol. The van der Waals surface area contributed by atoms with E-state index in [2.05, 4.69) is 4.72 Å². The predicted octanol–water partition coefficient (Wildman–Crippen LogP) is 1.28. The minimum Gasteiger partial charge on any atom is -0.399 e. The minimum atomic E-state index is -3.48. The van der Waals surface area contributed by atoms with Gasteiger partial charge < -0.3 is 10.5 Å². The molecule has 1 saturated heterocycles. The zero-order valence-electron chi connectivity index (χ0n) is 11.1. The minimum absolute atomic E-state index is 0.259. The van der Waals surface area contributed by atoms with Crippen molar-refractivity contribution in [3.05, 3.63) is 23.8 Å². The first-order valence-corrected chi connectivity index (χ1v) is 7.91. The number of aryl methyl sites for hydroxylation is 1. The van der Waals surface area contributed by atoms with Crippen molar-refractivity contribution in [3.63, 3.8) is 0 Å². The van der Waals surface area contributed by atoms with Gasteiger partial charge in [0.25, 0.3) is 0 Å². The Morgan fingerprint density at radius 1 is 1.47 bits per heavy atom. The van der Waals surface area contributed by atoms with Crippen molar-refractivity contribution in [1.29, 1.82) is 0 Å². The standard InChI is InChI=1S/C13H20N2O3S/c1-10-2-3-12(14)8-13(10)19(16,17)15-6-4-11-5-7-18-9-11/h2-3,8,11,15H,4-7,9,14H2,1H3. The molecule has 1 unspecified atom stereocenters. The van der Waals surface area contributed by atoms with Crippen LogP contribution in [-0.2, 0) is 14.8 Å². The van der Waals surface area contributed by atoms with Crippen molar-refractivity contribution >= 4 is 15.7 Å². The van der Waals surface area contributed by atoms with Gasteiger partial charge >= 0.3 is 0 Å². The summed E-state index contributed by atoms with van der Waals surface area (Å²) < 4.78 is 32.3. The average Bonchev–Trinajstić information content (AvgIpc) is 2.85. The average molecular weight is 284 g/mol. The van der Waals surface area contributed by atoms with E-state index in [0.29, 0.717) is 23.7 Å². The van der Waals surface area contributed by atoms with Gasteiger partial charge in [-0.25, -0.2) is 13.1 Å². The molecule has 0 saturated carbocycles. The zero-order chi connectivity index (χ0) is 13.9. The molecule has 1 aliphatic heterocycles. The van der Waals surface area contributed by atoms with E-state index < -0.39 is 10.0 Å². The highest BCUT2D eigenvalue weighted by Gasteiger charge is 2.19. The highest BCUT2D eigenvalue weighted by Crippen LogP contribution is 2.19. The second-order valence-corrected chi connectivity index (χ2v) is 6.68. The van der Waals surface area contributed by atoms with Gasteiger partial charge in [0.05, 0.1) is 4.90 Å². The molecule has 1 fully saturated rings. The number of benzene rings is 1. The van der Waals surface area contributed by atoms with Crippen LogP contribution in [0, 0.1) is 12.8 Å². The normalized spacial score (nSPS) is 19.7. The van der Waals surface area contributed by atoms with Crippen LogP contribution < -0.4 is 10.5 Å². The Morgan fingerprint density at radius 3 is 2.95 bits per heavy atom. The summed E-state index contributed by atoms with van der Waals surface area (Å²) >= 11 is 0. The quantitative estimate of drug-likeness (QED) is 0.798. The van der Waals surface area contributed by atoms with Crippen molar-refractivity contribution in [2.45, 2.75) is 24.7 Å². The van der Waals surface area contributed by atoms with E-state index in [1.807, 2.05) is 0 Å². The van der Waals surface area contributed by atoms with Gasteiger partial charge in [0.15, 0.2) is 0 Å². The molecule has 0 bridgehead atoms. The Bertz CT molecular complexity index is 537.